The molecule has 6 nitrogen and oxygen atoms in total. The van der Waals surface area contributed by atoms with E-state index in [2.05, 4.69) is 20.5 Å². The lowest BCUT2D eigenvalue weighted by molar-refractivity contribution is -0.111. The van der Waals surface area contributed by atoms with Crippen molar-refractivity contribution in [2.24, 2.45) is 0 Å². The number of aromatic nitrogens is 2. The van der Waals surface area contributed by atoms with Gasteiger partial charge in [0.05, 0.1) is 11.2 Å². The summed E-state index contributed by atoms with van der Waals surface area (Å²) < 4.78 is 0. The van der Waals surface area contributed by atoms with E-state index < -0.39 is 0 Å². The maximum Gasteiger partial charge on any atom is 0.248 e. The minimum atomic E-state index is -0.199. The zero-order valence-corrected chi connectivity index (χ0v) is 16.9. The second kappa shape index (κ2) is 8.59. The summed E-state index contributed by atoms with van der Waals surface area (Å²) in [7, 11) is 0. The number of nitrogens with zero attached hydrogens (tertiary/aromatic N) is 3. The lowest BCUT2D eigenvalue weighted by atomic mass is 10.1. The summed E-state index contributed by atoms with van der Waals surface area (Å²) in [6.07, 6.45) is 3.26. The summed E-state index contributed by atoms with van der Waals surface area (Å²) in [5.41, 5.74) is 3.40. The van der Waals surface area contributed by atoms with E-state index in [-0.39, 0.29) is 5.91 Å². The van der Waals surface area contributed by atoms with Gasteiger partial charge in [0.2, 0.25) is 11.9 Å². The maximum atomic E-state index is 12.3. The molecule has 148 valence electrons. The molecule has 3 aromatic rings. The van der Waals surface area contributed by atoms with Crippen LogP contribution in [0.2, 0.25) is 5.02 Å². The Hall–Kier alpha value is -2.96. The fraction of sp³-hybridized carbons (Fsp3) is 0.227. The first kappa shape index (κ1) is 19.4. The normalized spacial score (nSPS) is 14.5. The van der Waals surface area contributed by atoms with Crippen LogP contribution in [0.4, 0.5) is 11.6 Å². The van der Waals surface area contributed by atoms with Crippen molar-refractivity contribution in [1.29, 1.82) is 0 Å². The topological polar surface area (TPSA) is 70.2 Å². The van der Waals surface area contributed by atoms with E-state index in [1.54, 1.807) is 18.2 Å². The van der Waals surface area contributed by atoms with Crippen LogP contribution in [-0.4, -0.2) is 42.1 Å². The third kappa shape index (κ3) is 4.72. The molecular formula is C22H22ClN5O. The van der Waals surface area contributed by atoms with Crippen LogP contribution < -0.4 is 15.5 Å². The van der Waals surface area contributed by atoms with E-state index in [4.69, 9.17) is 16.6 Å². The van der Waals surface area contributed by atoms with Gasteiger partial charge in [-0.25, -0.2) is 9.97 Å². The average molecular weight is 408 g/mol. The summed E-state index contributed by atoms with van der Waals surface area (Å²) in [4.78, 5) is 23.9. The third-order valence-corrected chi connectivity index (χ3v) is 5.09. The van der Waals surface area contributed by atoms with E-state index in [1.807, 2.05) is 37.3 Å². The van der Waals surface area contributed by atoms with Gasteiger partial charge in [-0.05, 0) is 48.9 Å². The van der Waals surface area contributed by atoms with Crippen LogP contribution in [0.3, 0.4) is 0 Å². The Kier molecular flexibility index (Phi) is 5.74. The highest BCUT2D eigenvalue weighted by Crippen LogP contribution is 2.23. The average Bonchev–Trinajstić information content (AvgIpc) is 2.74. The molecule has 0 saturated carbocycles. The van der Waals surface area contributed by atoms with E-state index in [9.17, 15) is 4.79 Å². The first-order valence-corrected chi connectivity index (χ1v) is 9.95. The summed E-state index contributed by atoms with van der Waals surface area (Å²) in [5.74, 6) is 0.564. The number of anilines is 2. The molecule has 1 aliphatic heterocycles. The lowest BCUT2D eigenvalue weighted by Crippen LogP contribution is -2.44. The van der Waals surface area contributed by atoms with Gasteiger partial charge in [0.1, 0.15) is 0 Å². The molecule has 4 rings (SSSR count). The standard InChI is InChI=1S/C22H22ClN5O/c1-15-19-14-18(26-21(29)9-4-16-2-5-17(23)6-3-16)7-8-20(19)27-22(25-15)28-12-10-24-11-13-28/h2-9,14,24H,10-13H2,1H3,(H,26,29)/b9-4-. The number of carbonyl (C=O) groups excluding carboxylic acids is 1. The van der Waals surface area contributed by atoms with Crippen molar-refractivity contribution in [2.45, 2.75) is 6.92 Å². The van der Waals surface area contributed by atoms with Crippen molar-refractivity contribution in [3.05, 3.63) is 64.8 Å². The van der Waals surface area contributed by atoms with Gasteiger partial charge >= 0.3 is 0 Å². The van der Waals surface area contributed by atoms with Crippen LogP contribution in [0, 0.1) is 6.92 Å². The number of piperazine rings is 1. The van der Waals surface area contributed by atoms with E-state index in [0.29, 0.717) is 10.7 Å². The van der Waals surface area contributed by atoms with Gasteiger partial charge in [-0.1, -0.05) is 23.7 Å². The molecule has 1 amide bonds. The highest BCUT2D eigenvalue weighted by molar-refractivity contribution is 6.30. The van der Waals surface area contributed by atoms with Crippen LogP contribution in [-0.2, 0) is 4.79 Å². The number of aryl methyl sites for hydroxylation is 1. The summed E-state index contributed by atoms with van der Waals surface area (Å²) in [6.45, 7) is 5.66. The highest BCUT2D eigenvalue weighted by atomic mass is 35.5. The number of hydrogen-bond donors (Lipinski definition) is 2. The van der Waals surface area contributed by atoms with E-state index in [1.165, 1.54) is 6.08 Å². The second-order valence-corrected chi connectivity index (χ2v) is 7.39. The Labute approximate surface area is 174 Å². The van der Waals surface area contributed by atoms with Gasteiger partial charge in [0.25, 0.3) is 0 Å². The van der Waals surface area contributed by atoms with Crippen molar-refractivity contribution in [3.8, 4) is 0 Å². The predicted octanol–water partition coefficient (Wildman–Crippen LogP) is 3.65. The Balaban J connectivity index is 1.50. The number of nitrogens with one attached hydrogen (secondary N) is 2. The molecule has 0 aliphatic carbocycles. The summed E-state index contributed by atoms with van der Waals surface area (Å²) in [6, 6.07) is 13.0. The Morgan fingerprint density at radius 2 is 1.90 bits per heavy atom. The van der Waals surface area contributed by atoms with Crippen LogP contribution in [0.1, 0.15) is 11.3 Å². The van der Waals surface area contributed by atoms with Crippen molar-refractivity contribution in [3.63, 3.8) is 0 Å². The molecule has 0 bridgehead atoms. The van der Waals surface area contributed by atoms with Crippen molar-refractivity contribution in [1.82, 2.24) is 15.3 Å². The van der Waals surface area contributed by atoms with Crippen molar-refractivity contribution >= 4 is 46.1 Å². The Morgan fingerprint density at radius 3 is 2.66 bits per heavy atom. The molecule has 1 saturated heterocycles. The quantitative estimate of drug-likeness (QED) is 0.646. The van der Waals surface area contributed by atoms with Crippen LogP contribution in [0.25, 0.3) is 17.0 Å². The predicted molar refractivity (Wildman–Crippen MR) is 118 cm³/mol. The summed E-state index contributed by atoms with van der Waals surface area (Å²) in [5, 5.41) is 7.83. The second-order valence-electron chi connectivity index (χ2n) is 6.95. The minimum absolute atomic E-state index is 0.199. The Bertz CT molecular complexity index is 1060. The number of halogens is 1. The smallest absolute Gasteiger partial charge is 0.248 e. The van der Waals surface area contributed by atoms with Crippen molar-refractivity contribution in [2.75, 3.05) is 36.4 Å². The molecule has 7 heteroatoms. The molecule has 0 radical (unpaired) electrons. The van der Waals surface area contributed by atoms with Crippen LogP contribution in [0.15, 0.2) is 48.5 Å². The van der Waals surface area contributed by atoms with E-state index in [0.717, 1.165) is 54.3 Å². The molecule has 0 spiro atoms. The molecule has 1 fully saturated rings. The highest BCUT2D eigenvalue weighted by Gasteiger charge is 2.15. The molecule has 1 aromatic heterocycles. The van der Waals surface area contributed by atoms with E-state index >= 15 is 0 Å². The zero-order chi connectivity index (χ0) is 20.2. The van der Waals surface area contributed by atoms with Gasteiger partial charge in [0, 0.05) is 48.4 Å². The number of fused-ring (bicyclic) bond motifs is 1. The molecule has 2 heterocycles. The monoisotopic (exact) mass is 407 g/mol. The number of rotatable bonds is 4. The van der Waals surface area contributed by atoms with Gasteiger partial charge in [-0.3, -0.25) is 4.79 Å². The molecule has 0 atom stereocenters. The third-order valence-electron chi connectivity index (χ3n) is 4.84. The largest absolute Gasteiger partial charge is 0.338 e. The first-order chi connectivity index (χ1) is 14.1. The molecule has 2 aromatic carbocycles. The van der Waals surface area contributed by atoms with Gasteiger partial charge in [0.15, 0.2) is 0 Å². The number of benzene rings is 2. The molecular weight excluding hydrogens is 386 g/mol. The number of amides is 1. The maximum absolute atomic E-state index is 12.3. The first-order valence-electron chi connectivity index (χ1n) is 9.57. The van der Waals surface area contributed by atoms with Crippen LogP contribution in [0.5, 0.6) is 0 Å². The van der Waals surface area contributed by atoms with Crippen molar-refractivity contribution < 1.29 is 4.79 Å². The van der Waals surface area contributed by atoms with Gasteiger partial charge < -0.3 is 15.5 Å². The minimum Gasteiger partial charge on any atom is -0.338 e. The lowest BCUT2D eigenvalue weighted by Gasteiger charge is -2.27. The van der Waals surface area contributed by atoms with Crippen LogP contribution >= 0.6 is 11.6 Å². The Morgan fingerprint density at radius 1 is 1.14 bits per heavy atom. The van der Waals surface area contributed by atoms with Gasteiger partial charge in [-0.2, -0.15) is 0 Å². The van der Waals surface area contributed by atoms with Gasteiger partial charge in [-0.15, -0.1) is 0 Å². The number of hydrogen-bond acceptors (Lipinski definition) is 5. The molecule has 1 aliphatic rings. The zero-order valence-electron chi connectivity index (χ0n) is 16.2. The fourth-order valence-electron chi connectivity index (χ4n) is 3.28. The molecule has 2 N–H and O–H groups in total. The number of carbonyl (C=O) groups is 1. The molecule has 0 unspecified atom stereocenters. The SMILES string of the molecule is Cc1nc(N2CCNCC2)nc2ccc(NC(=O)/C=C\c3ccc(Cl)cc3)cc12. The summed E-state index contributed by atoms with van der Waals surface area (Å²) >= 11 is 5.88. The molecule has 29 heavy (non-hydrogen) atoms. The fourth-order valence-corrected chi connectivity index (χ4v) is 3.41.